The third kappa shape index (κ3) is 5.91. The summed E-state index contributed by atoms with van der Waals surface area (Å²) in [6, 6.07) is 10.4. The minimum Gasteiger partial charge on any atom is -0.486 e. The number of sulfonamides is 1. The van der Waals surface area contributed by atoms with Crippen molar-refractivity contribution in [3.63, 3.8) is 0 Å². The van der Waals surface area contributed by atoms with E-state index in [0.29, 0.717) is 6.07 Å². The number of hydrogen-bond acceptors (Lipinski definition) is 7. The highest BCUT2D eigenvalue weighted by Crippen LogP contribution is 2.41. The summed E-state index contributed by atoms with van der Waals surface area (Å²) in [6.45, 7) is -0.375. The monoisotopic (exact) mass is 600 g/mol. The molecule has 0 radical (unpaired) electrons. The lowest BCUT2D eigenvalue weighted by molar-refractivity contribution is -0.141. The number of H-pyrrole nitrogens is 1. The SMILES string of the molecule is O=c1[nH]nc(CC[C@H]2CN(S(=O)(=O)c3cccc(C(F)(F)F)c3)c3cc(-c4cccc(C(F)(F)F)n4)ccc3O2)o1. The van der Waals surface area contributed by atoms with Crippen LogP contribution in [0.5, 0.6) is 5.75 Å². The molecule has 2 aromatic carbocycles. The highest BCUT2D eigenvalue weighted by atomic mass is 32.2. The lowest BCUT2D eigenvalue weighted by Gasteiger charge is -2.35. The van der Waals surface area contributed by atoms with E-state index in [1.54, 1.807) is 0 Å². The van der Waals surface area contributed by atoms with Crippen LogP contribution < -0.4 is 14.8 Å². The van der Waals surface area contributed by atoms with E-state index in [9.17, 15) is 39.6 Å². The number of hydrogen-bond donors (Lipinski definition) is 1. The van der Waals surface area contributed by atoms with Crippen LogP contribution in [0.1, 0.15) is 23.6 Å². The molecule has 216 valence electrons. The second kappa shape index (κ2) is 10.2. The molecule has 41 heavy (non-hydrogen) atoms. The van der Waals surface area contributed by atoms with Gasteiger partial charge in [0.05, 0.1) is 28.4 Å². The van der Waals surface area contributed by atoms with Crippen molar-refractivity contribution in [3.8, 4) is 17.0 Å². The highest BCUT2D eigenvalue weighted by molar-refractivity contribution is 7.92. The molecule has 16 heteroatoms. The molecule has 0 fully saturated rings. The zero-order valence-corrected chi connectivity index (χ0v) is 21.3. The third-order valence-corrected chi connectivity index (χ3v) is 7.91. The predicted octanol–water partition coefficient (Wildman–Crippen LogP) is 5.05. The van der Waals surface area contributed by atoms with Crippen molar-refractivity contribution in [3.05, 3.63) is 88.4 Å². The quantitative estimate of drug-likeness (QED) is 0.308. The minimum absolute atomic E-state index is 0.0102. The maximum absolute atomic E-state index is 13.7. The number of anilines is 1. The first kappa shape index (κ1) is 28.2. The van der Waals surface area contributed by atoms with Gasteiger partial charge in [0.25, 0.3) is 10.0 Å². The molecule has 1 aliphatic heterocycles. The van der Waals surface area contributed by atoms with Gasteiger partial charge >= 0.3 is 18.1 Å². The molecular formula is C25H18F6N4O5S. The van der Waals surface area contributed by atoms with Gasteiger partial charge in [0.15, 0.2) is 0 Å². The minimum atomic E-state index is -4.81. The number of nitrogens with zero attached hydrogens (tertiary/aromatic N) is 3. The van der Waals surface area contributed by atoms with E-state index in [1.165, 1.54) is 24.3 Å². The average Bonchev–Trinajstić information content (AvgIpc) is 3.35. The number of aromatic amines is 1. The smallest absolute Gasteiger partial charge is 0.434 e. The Hall–Kier alpha value is -4.34. The summed E-state index contributed by atoms with van der Waals surface area (Å²) in [7, 11) is -4.64. The molecule has 0 saturated carbocycles. The lowest BCUT2D eigenvalue weighted by atomic mass is 10.1. The fraction of sp³-hybridized carbons (Fsp3) is 0.240. The Bertz CT molecular complexity index is 1750. The van der Waals surface area contributed by atoms with Crippen LogP contribution in [0, 0.1) is 0 Å². The number of pyridine rings is 1. The summed E-state index contributed by atoms with van der Waals surface area (Å²) in [6.07, 6.45) is -10.2. The van der Waals surface area contributed by atoms with Crippen LogP contribution in [0.25, 0.3) is 11.3 Å². The van der Waals surface area contributed by atoms with Crippen molar-refractivity contribution >= 4 is 15.7 Å². The maximum atomic E-state index is 13.7. The molecule has 0 spiro atoms. The van der Waals surface area contributed by atoms with E-state index in [1.807, 2.05) is 0 Å². The molecule has 9 nitrogen and oxygen atoms in total. The Balaban J connectivity index is 1.57. The van der Waals surface area contributed by atoms with Gasteiger partial charge in [-0.15, -0.1) is 5.10 Å². The van der Waals surface area contributed by atoms with Crippen molar-refractivity contribution in [2.75, 3.05) is 10.8 Å². The molecule has 1 N–H and O–H groups in total. The third-order valence-electron chi connectivity index (χ3n) is 6.14. The fourth-order valence-electron chi connectivity index (χ4n) is 4.21. The molecule has 0 saturated heterocycles. The summed E-state index contributed by atoms with van der Waals surface area (Å²) >= 11 is 0. The molecule has 1 aliphatic rings. The molecule has 0 aliphatic carbocycles. The van der Waals surface area contributed by atoms with Gasteiger partial charge in [-0.05, 0) is 55.0 Å². The highest BCUT2D eigenvalue weighted by Gasteiger charge is 2.38. The van der Waals surface area contributed by atoms with Crippen LogP contribution >= 0.6 is 0 Å². The molecule has 1 atom stereocenters. The van der Waals surface area contributed by atoms with Crippen molar-refractivity contribution in [1.29, 1.82) is 0 Å². The number of alkyl halides is 6. The number of fused-ring (bicyclic) bond motifs is 1. The molecular weight excluding hydrogens is 582 g/mol. The number of rotatable bonds is 6. The van der Waals surface area contributed by atoms with Crippen LogP contribution in [-0.2, 0) is 28.8 Å². The number of aromatic nitrogens is 3. The lowest BCUT2D eigenvalue weighted by Crippen LogP contribution is -2.43. The van der Waals surface area contributed by atoms with E-state index in [2.05, 4.69) is 15.2 Å². The Morgan fingerprint density at radius 2 is 1.73 bits per heavy atom. The van der Waals surface area contributed by atoms with Crippen LogP contribution in [0.2, 0.25) is 0 Å². The van der Waals surface area contributed by atoms with Crippen molar-refractivity contribution in [2.45, 2.75) is 36.2 Å². The number of nitrogens with one attached hydrogen (secondary N) is 1. The summed E-state index contributed by atoms with van der Waals surface area (Å²) in [5.41, 5.74) is -2.46. The maximum Gasteiger partial charge on any atom is 0.434 e. The molecule has 2 aromatic heterocycles. The van der Waals surface area contributed by atoms with E-state index < -0.39 is 50.4 Å². The standard InChI is InChI=1S/C25H18F6N4O5S/c26-24(27,28)15-3-1-4-17(12-15)41(37,38)35-13-16(8-10-22-33-34-23(36)40-22)39-20-9-7-14(11-19(20)35)18-5-2-6-21(32-18)25(29,30)31/h1-7,9,11-12,16H,8,10,13H2,(H,34,36)/t16-/m0/s1. The van der Waals surface area contributed by atoms with E-state index >= 15 is 0 Å². The summed E-state index contributed by atoms with van der Waals surface area (Å²) < 4.78 is 119. The summed E-state index contributed by atoms with van der Waals surface area (Å²) in [5, 5.41) is 5.77. The number of benzene rings is 2. The van der Waals surface area contributed by atoms with E-state index in [0.717, 1.165) is 34.6 Å². The summed E-state index contributed by atoms with van der Waals surface area (Å²) in [4.78, 5) is 14.2. The van der Waals surface area contributed by atoms with E-state index in [4.69, 9.17) is 9.15 Å². The Labute approximate surface area is 227 Å². The van der Waals surface area contributed by atoms with Crippen LogP contribution in [0.4, 0.5) is 32.0 Å². The Kier molecular flexibility index (Phi) is 7.05. The van der Waals surface area contributed by atoms with Gasteiger partial charge < -0.3 is 9.15 Å². The predicted molar refractivity (Wildman–Crippen MR) is 131 cm³/mol. The van der Waals surface area contributed by atoms with Gasteiger partial charge in [0.1, 0.15) is 17.5 Å². The zero-order valence-electron chi connectivity index (χ0n) is 20.5. The molecule has 0 unspecified atom stereocenters. The van der Waals surface area contributed by atoms with Gasteiger partial charge in [0, 0.05) is 12.0 Å². The Morgan fingerprint density at radius 3 is 2.41 bits per heavy atom. The van der Waals surface area contributed by atoms with Gasteiger partial charge in [-0.3, -0.25) is 4.31 Å². The number of ether oxygens (including phenoxy) is 1. The van der Waals surface area contributed by atoms with Gasteiger partial charge in [-0.2, -0.15) is 26.3 Å². The molecule has 0 bridgehead atoms. The molecule has 3 heterocycles. The molecule has 5 rings (SSSR count). The first-order chi connectivity index (χ1) is 19.2. The van der Waals surface area contributed by atoms with Gasteiger partial charge in [-0.1, -0.05) is 12.1 Å². The normalized spacial score (nSPS) is 15.9. The zero-order chi connectivity index (χ0) is 29.6. The molecule has 4 aromatic rings. The molecule has 0 amide bonds. The second-order valence-electron chi connectivity index (χ2n) is 8.94. The first-order valence-corrected chi connectivity index (χ1v) is 13.3. The topological polar surface area (TPSA) is 118 Å². The van der Waals surface area contributed by atoms with Crippen LogP contribution in [0.15, 0.2) is 74.8 Å². The second-order valence-corrected chi connectivity index (χ2v) is 10.8. The van der Waals surface area contributed by atoms with Gasteiger partial charge in [0.2, 0.25) is 5.89 Å². The fourth-order valence-corrected chi connectivity index (χ4v) is 5.76. The number of halogens is 6. The summed E-state index contributed by atoms with van der Waals surface area (Å²) in [5.74, 6) is -0.752. The number of aryl methyl sites for hydroxylation is 1. The Morgan fingerprint density at radius 1 is 0.976 bits per heavy atom. The van der Waals surface area contributed by atoms with E-state index in [-0.39, 0.29) is 48.0 Å². The first-order valence-electron chi connectivity index (χ1n) is 11.8. The van der Waals surface area contributed by atoms with Crippen molar-refractivity contribution < 1.29 is 43.9 Å². The average molecular weight is 600 g/mol. The van der Waals surface area contributed by atoms with Crippen molar-refractivity contribution in [2.24, 2.45) is 0 Å². The van der Waals surface area contributed by atoms with Crippen LogP contribution in [-0.4, -0.2) is 36.2 Å². The van der Waals surface area contributed by atoms with Gasteiger partial charge in [-0.25, -0.2) is 23.3 Å². The largest absolute Gasteiger partial charge is 0.486 e. The van der Waals surface area contributed by atoms with Crippen molar-refractivity contribution in [1.82, 2.24) is 15.2 Å². The van der Waals surface area contributed by atoms with Crippen LogP contribution in [0.3, 0.4) is 0 Å².